The summed E-state index contributed by atoms with van der Waals surface area (Å²) in [6.07, 6.45) is 90.7. The molecule has 0 spiro atoms. The van der Waals surface area contributed by atoms with E-state index in [0.29, 0.717) is 19.3 Å². The van der Waals surface area contributed by atoms with Crippen LogP contribution in [0.5, 0.6) is 0 Å². The molecule has 0 heterocycles. The Balaban J connectivity index is 4.25. The van der Waals surface area contributed by atoms with Gasteiger partial charge in [0.1, 0.15) is 13.2 Å². The zero-order valence-electron chi connectivity index (χ0n) is 50.9. The molecule has 0 rings (SSSR count). The molecule has 6 heteroatoms. The van der Waals surface area contributed by atoms with E-state index in [4.69, 9.17) is 14.2 Å². The van der Waals surface area contributed by atoms with Gasteiger partial charge >= 0.3 is 17.9 Å². The zero-order chi connectivity index (χ0) is 56.4. The van der Waals surface area contributed by atoms with Crippen molar-refractivity contribution in [3.05, 3.63) is 122 Å². The second kappa shape index (κ2) is 65.3. The van der Waals surface area contributed by atoms with Gasteiger partial charge in [-0.25, -0.2) is 0 Å². The first kappa shape index (κ1) is 73.8. The Morgan fingerprint density at radius 3 is 0.795 bits per heavy atom. The number of unbranched alkanes of at least 4 members (excludes halogenated alkanes) is 27. The van der Waals surface area contributed by atoms with Crippen LogP contribution < -0.4 is 0 Å². The van der Waals surface area contributed by atoms with Crippen LogP contribution in [-0.4, -0.2) is 37.2 Å². The fourth-order valence-electron chi connectivity index (χ4n) is 8.88. The summed E-state index contributed by atoms with van der Waals surface area (Å²) in [5, 5.41) is 0. The second-order valence-electron chi connectivity index (χ2n) is 21.3. The molecule has 1 unspecified atom stereocenters. The van der Waals surface area contributed by atoms with Crippen LogP contribution in [0.2, 0.25) is 0 Å². The average molecular weight is 1080 g/mol. The number of carbonyl (C=O) groups is 3. The Morgan fingerprint density at radius 2 is 0.500 bits per heavy atom. The summed E-state index contributed by atoms with van der Waals surface area (Å²) < 4.78 is 16.9. The molecule has 0 saturated carbocycles. The average Bonchev–Trinajstić information content (AvgIpc) is 3.44. The van der Waals surface area contributed by atoms with Crippen LogP contribution in [0.25, 0.3) is 0 Å². The summed E-state index contributed by atoms with van der Waals surface area (Å²) in [6.45, 7) is 6.35. The molecule has 0 bridgehead atoms. The molecular formula is C72H120O6. The van der Waals surface area contributed by atoms with Gasteiger partial charge in [0.05, 0.1) is 0 Å². The van der Waals surface area contributed by atoms with Gasteiger partial charge < -0.3 is 14.2 Å². The minimum atomic E-state index is -0.791. The molecule has 0 aromatic heterocycles. The van der Waals surface area contributed by atoms with Gasteiger partial charge in [-0.15, -0.1) is 0 Å². The van der Waals surface area contributed by atoms with E-state index < -0.39 is 6.10 Å². The van der Waals surface area contributed by atoms with Gasteiger partial charge in [0.25, 0.3) is 0 Å². The lowest BCUT2D eigenvalue weighted by atomic mass is 10.0. The predicted molar refractivity (Wildman–Crippen MR) is 339 cm³/mol. The molecular weight excluding hydrogens is 961 g/mol. The fraction of sp³-hybridized carbons (Fsp3) is 0.681. The summed E-state index contributed by atoms with van der Waals surface area (Å²) in [5.41, 5.74) is 0. The van der Waals surface area contributed by atoms with E-state index in [0.717, 1.165) is 141 Å². The Morgan fingerprint density at radius 1 is 0.269 bits per heavy atom. The van der Waals surface area contributed by atoms with E-state index in [1.807, 2.05) is 0 Å². The number of rotatable bonds is 58. The smallest absolute Gasteiger partial charge is 0.306 e. The van der Waals surface area contributed by atoms with Gasteiger partial charge in [-0.1, -0.05) is 277 Å². The molecule has 0 aliphatic carbocycles. The standard InChI is InChI=1S/C72H120O6/c1-4-7-10-13-16-19-22-24-26-28-30-32-34-35-36-37-39-40-42-44-46-48-50-53-56-59-62-65-71(74)77-68-69(67-76-70(73)64-61-58-55-52-21-18-15-12-9-6-3)78-72(75)66-63-60-57-54-51-49-47-45-43-41-38-33-31-29-27-25-23-20-17-14-11-8-5-2/h7-8,10-12,15-17,19-20,24-27,30-33,41,43,69H,4-6,9,13-14,18,21-23,28-29,34-40,42,44-68H2,1-3H3/b10-7-,11-8-,15-12-,19-16-,20-17-,26-24-,27-25-,32-30-,33-31-,43-41-. The van der Waals surface area contributed by atoms with Crippen LogP contribution in [0.1, 0.15) is 297 Å². The van der Waals surface area contributed by atoms with E-state index in [1.54, 1.807) is 0 Å². The van der Waals surface area contributed by atoms with Crippen molar-refractivity contribution in [3.8, 4) is 0 Å². The number of allylic oxidation sites excluding steroid dienone is 20. The third-order valence-corrected chi connectivity index (χ3v) is 13.7. The molecule has 0 fully saturated rings. The normalized spacial score (nSPS) is 12.9. The molecule has 444 valence electrons. The first-order chi connectivity index (χ1) is 38.5. The molecule has 1 atom stereocenters. The molecule has 6 nitrogen and oxygen atoms in total. The van der Waals surface area contributed by atoms with Crippen molar-refractivity contribution in [3.63, 3.8) is 0 Å². The molecule has 0 N–H and O–H groups in total. The molecule has 0 radical (unpaired) electrons. The van der Waals surface area contributed by atoms with Gasteiger partial charge in [-0.3, -0.25) is 14.4 Å². The van der Waals surface area contributed by atoms with Gasteiger partial charge in [-0.05, 0) is 122 Å². The van der Waals surface area contributed by atoms with Crippen molar-refractivity contribution in [1.82, 2.24) is 0 Å². The Hall–Kier alpha value is -4.19. The Labute approximate surface area is 482 Å². The third-order valence-electron chi connectivity index (χ3n) is 13.7. The summed E-state index contributed by atoms with van der Waals surface area (Å²) in [4.78, 5) is 38.3. The molecule has 0 aliphatic rings. The lowest BCUT2D eigenvalue weighted by molar-refractivity contribution is -0.167. The fourth-order valence-corrected chi connectivity index (χ4v) is 8.88. The maximum absolute atomic E-state index is 12.9. The largest absolute Gasteiger partial charge is 0.462 e. The number of esters is 3. The minimum Gasteiger partial charge on any atom is -0.462 e. The van der Waals surface area contributed by atoms with Crippen molar-refractivity contribution < 1.29 is 28.6 Å². The maximum Gasteiger partial charge on any atom is 0.306 e. The van der Waals surface area contributed by atoms with E-state index in [9.17, 15) is 14.4 Å². The van der Waals surface area contributed by atoms with E-state index in [-0.39, 0.29) is 31.1 Å². The summed E-state index contributed by atoms with van der Waals surface area (Å²) in [6, 6.07) is 0. The van der Waals surface area contributed by atoms with E-state index >= 15 is 0 Å². The summed E-state index contributed by atoms with van der Waals surface area (Å²) in [7, 11) is 0. The van der Waals surface area contributed by atoms with Gasteiger partial charge in [0.2, 0.25) is 0 Å². The van der Waals surface area contributed by atoms with Crippen molar-refractivity contribution >= 4 is 17.9 Å². The van der Waals surface area contributed by atoms with Crippen LogP contribution in [0.3, 0.4) is 0 Å². The summed E-state index contributed by atoms with van der Waals surface area (Å²) in [5.74, 6) is -0.904. The van der Waals surface area contributed by atoms with Crippen LogP contribution in [0, 0.1) is 0 Å². The topological polar surface area (TPSA) is 78.9 Å². The lowest BCUT2D eigenvalue weighted by Crippen LogP contribution is -2.30. The Bertz CT molecular complexity index is 1620. The number of ether oxygens (including phenoxy) is 3. The van der Waals surface area contributed by atoms with Crippen molar-refractivity contribution in [2.75, 3.05) is 13.2 Å². The molecule has 0 aromatic rings. The monoisotopic (exact) mass is 1080 g/mol. The SMILES string of the molecule is CC/C=C\C/C=C\C/C=C\C/C=C\C/C=C\CCCCCCCCCC(=O)OC(COC(=O)CCCCCCC/C=C\CCC)COC(=O)CCCCCCCCCCCCCCCC/C=C\C/C=C\C/C=C\C/C=C\CC. The van der Waals surface area contributed by atoms with Gasteiger partial charge in [0.15, 0.2) is 6.10 Å². The number of hydrogen-bond donors (Lipinski definition) is 0. The highest BCUT2D eigenvalue weighted by Crippen LogP contribution is 2.16. The highest BCUT2D eigenvalue weighted by molar-refractivity contribution is 5.71. The number of hydrogen-bond acceptors (Lipinski definition) is 6. The van der Waals surface area contributed by atoms with Crippen molar-refractivity contribution in [1.29, 1.82) is 0 Å². The van der Waals surface area contributed by atoms with Crippen LogP contribution >= 0.6 is 0 Å². The highest BCUT2D eigenvalue weighted by atomic mass is 16.6. The quantitative estimate of drug-likeness (QED) is 0.0261. The molecule has 0 saturated heterocycles. The van der Waals surface area contributed by atoms with Gasteiger partial charge in [0, 0.05) is 19.3 Å². The minimum absolute atomic E-state index is 0.0864. The maximum atomic E-state index is 12.9. The molecule has 78 heavy (non-hydrogen) atoms. The van der Waals surface area contributed by atoms with E-state index in [1.165, 1.54) is 116 Å². The first-order valence-electron chi connectivity index (χ1n) is 32.5. The second-order valence-corrected chi connectivity index (χ2v) is 21.3. The highest BCUT2D eigenvalue weighted by Gasteiger charge is 2.19. The third kappa shape index (κ3) is 62.7. The molecule has 0 amide bonds. The van der Waals surface area contributed by atoms with Gasteiger partial charge in [-0.2, -0.15) is 0 Å². The molecule has 0 aliphatic heterocycles. The van der Waals surface area contributed by atoms with Crippen molar-refractivity contribution in [2.45, 2.75) is 303 Å². The van der Waals surface area contributed by atoms with Crippen LogP contribution in [0.15, 0.2) is 122 Å². The van der Waals surface area contributed by atoms with Crippen LogP contribution in [-0.2, 0) is 28.6 Å². The predicted octanol–water partition coefficient (Wildman–Crippen LogP) is 22.4. The van der Waals surface area contributed by atoms with Crippen LogP contribution in [0.4, 0.5) is 0 Å². The molecule has 0 aromatic carbocycles. The van der Waals surface area contributed by atoms with Crippen molar-refractivity contribution in [2.24, 2.45) is 0 Å². The Kier molecular flexibility index (Phi) is 61.8. The first-order valence-corrected chi connectivity index (χ1v) is 32.5. The number of carbonyl (C=O) groups excluding carboxylic acids is 3. The lowest BCUT2D eigenvalue weighted by Gasteiger charge is -2.18. The summed E-state index contributed by atoms with van der Waals surface area (Å²) >= 11 is 0. The zero-order valence-corrected chi connectivity index (χ0v) is 50.9. The van der Waals surface area contributed by atoms with E-state index in [2.05, 4.69) is 142 Å².